The van der Waals surface area contributed by atoms with E-state index < -0.39 is 12.3 Å². The SMILES string of the molecule is C/C=C/OC(=O)OCC(C)O. The highest BCUT2D eigenvalue weighted by Gasteiger charge is 2.02. The van der Waals surface area contributed by atoms with Crippen molar-refractivity contribution in [1.82, 2.24) is 0 Å². The van der Waals surface area contributed by atoms with Crippen LogP contribution in [-0.2, 0) is 9.47 Å². The van der Waals surface area contributed by atoms with Gasteiger partial charge in [0.1, 0.15) is 6.61 Å². The minimum atomic E-state index is -0.802. The van der Waals surface area contributed by atoms with Crippen molar-refractivity contribution in [3.05, 3.63) is 12.3 Å². The second kappa shape index (κ2) is 5.73. The zero-order valence-electron chi connectivity index (χ0n) is 6.61. The molecule has 11 heavy (non-hydrogen) atoms. The smallest absolute Gasteiger partial charge is 0.431 e. The van der Waals surface area contributed by atoms with Crippen LogP contribution in [0.15, 0.2) is 12.3 Å². The van der Waals surface area contributed by atoms with Crippen LogP contribution in [0.1, 0.15) is 13.8 Å². The maximum Gasteiger partial charge on any atom is 0.513 e. The van der Waals surface area contributed by atoms with Gasteiger partial charge in [-0.05, 0) is 13.8 Å². The third-order valence-corrected chi connectivity index (χ3v) is 0.743. The molecule has 0 aromatic heterocycles. The Morgan fingerprint density at radius 3 is 2.82 bits per heavy atom. The summed E-state index contributed by atoms with van der Waals surface area (Å²) in [7, 11) is 0. The van der Waals surface area contributed by atoms with Crippen molar-refractivity contribution in [2.24, 2.45) is 0 Å². The topological polar surface area (TPSA) is 55.8 Å². The molecule has 0 bridgehead atoms. The van der Waals surface area contributed by atoms with Crippen LogP contribution < -0.4 is 0 Å². The fourth-order valence-electron chi connectivity index (χ4n) is 0.346. The van der Waals surface area contributed by atoms with Gasteiger partial charge in [0.05, 0.1) is 12.4 Å². The van der Waals surface area contributed by atoms with E-state index in [2.05, 4.69) is 9.47 Å². The average Bonchev–Trinajstić information content (AvgIpc) is 1.97. The summed E-state index contributed by atoms with van der Waals surface area (Å²) in [6.07, 6.45) is 1.31. The summed E-state index contributed by atoms with van der Waals surface area (Å²) in [6, 6.07) is 0. The maximum atomic E-state index is 10.5. The second-order valence-electron chi connectivity index (χ2n) is 2.00. The highest BCUT2D eigenvalue weighted by Crippen LogP contribution is 1.89. The van der Waals surface area contributed by atoms with E-state index in [1.807, 2.05) is 0 Å². The maximum absolute atomic E-state index is 10.5. The summed E-state index contributed by atoms with van der Waals surface area (Å²) >= 11 is 0. The molecule has 0 aromatic carbocycles. The Bertz CT molecular complexity index is 139. The van der Waals surface area contributed by atoms with Crippen LogP contribution in [0.25, 0.3) is 0 Å². The van der Waals surface area contributed by atoms with Gasteiger partial charge >= 0.3 is 6.16 Å². The first-order chi connectivity index (χ1) is 5.16. The number of aliphatic hydroxyl groups excluding tert-OH is 1. The molecule has 0 radical (unpaired) electrons. The predicted octanol–water partition coefficient (Wildman–Crippen LogP) is 1.05. The van der Waals surface area contributed by atoms with Gasteiger partial charge in [-0.3, -0.25) is 0 Å². The summed E-state index contributed by atoms with van der Waals surface area (Å²) in [5.74, 6) is 0. The Morgan fingerprint density at radius 1 is 1.73 bits per heavy atom. The van der Waals surface area contributed by atoms with Gasteiger partial charge in [-0.15, -0.1) is 0 Å². The van der Waals surface area contributed by atoms with Crippen molar-refractivity contribution >= 4 is 6.16 Å². The van der Waals surface area contributed by atoms with Gasteiger partial charge in [0.15, 0.2) is 0 Å². The number of ether oxygens (including phenoxy) is 2. The first-order valence-electron chi connectivity index (χ1n) is 3.29. The van der Waals surface area contributed by atoms with Gasteiger partial charge in [-0.1, -0.05) is 6.08 Å². The standard InChI is InChI=1S/C7H12O4/c1-3-4-10-7(9)11-5-6(2)8/h3-4,6,8H,5H2,1-2H3/b4-3+. The Balaban J connectivity index is 3.37. The molecule has 0 aliphatic heterocycles. The molecular weight excluding hydrogens is 148 g/mol. The van der Waals surface area contributed by atoms with Crippen molar-refractivity contribution in [1.29, 1.82) is 0 Å². The molecule has 0 saturated heterocycles. The van der Waals surface area contributed by atoms with E-state index in [1.165, 1.54) is 13.2 Å². The Kier molecular flexibility index (Phi) is 5.20. The summed E-state index contributed by atoms with van der Waals surface area (Å²) < 4.78 is 8.83. The monoisotopic (exact) mass is 160 g/mol. The summed E-state index contributed by atoms with van der Waals surface area (Å²) in [5, 5.41) is 8.68. The van der Waals surface area contributed by atoms with Gasteiger partial charge in [-0.2, -0.15) is 0 Å². The molecule has 0 aliphatic carbocycles. The number of allylic oxidation sites excluding steroid dienone is 1. The van der Waals surface area contributed by atoms with E-state index in [1.54, 1.807) is 13.0 Å². The van der Waals surface area contributed by atoms with Crippen molar-refractivity contribution in [2.45, 2.75) is 20.0 Å². The zero-order chi connectivity index (χ0) is 8.69. The summed E-state index contributed by atoms with van der Waals surface area (Å²) in [5.41, 5.74) is 0. The molecule has 0 rings (SSSR count). The minimum Gasteiger partial charge on any atom is -0.431 e. The molecule has 0 spiro atoms. The Hall–Kier alpha value is -1.03. The van der Waals surface area contributed by atoms with E-state index in [9.17, 15) is 4.79 Å². The Labute approximate surface area is 65.4 Å². The lowest BCUT2D eigenvalue weighted by Gasteiger charge is -2.03. The van der Waals surface area contributed by atoms with Crippen LogP contribution in [0.2, 0.25) is 0 Å². The fraction of sp³-hybridized carbons (Fsp3) is 0.571. The van der Waals surface area contributed by atoms with Gasteiger partial charge in [0, 0.05) is 0 Å². The lowest BCUT2D eigenvalue weighted by Crippen LogP contribution is -2.14. The quantitative estimate of drug-likeness (QED) is 0.495. The molecule has 1 N–H and O–H groups in total. The van der Waals surface area contributed by atoms with Crippen LogP contribution in [-0.4, -0.2) is 24.0 Å². The highest BCUT2D eigenvalue weighted by atomic mass is 16.7. The largest absolute Gasteiger partial charge is 0.513 e. The molecule has 4 heteroatoms. The molecule has 0 saturated carbocycles. The molecule has 4 nitrogen and oxygen atoms in total. The van der Waals surface area contributed by atoms with Crippen molar-refractivity contribution < 1.29 is 19.4 Å². The Morgan fingerprint density at radius 2 is 2.36 bits per heavy atom. The molecule has 64 valence electrons. The lowest BCUT2D eigenvalue weighted by molar-refractivity contribution is 0.0426. The minimum absolute atomic E-state index is 0.0453. The molecule has 0 aromatic rings. The lowest BCUT2D eigenvalue weighted by atomic mass is 10.5. The zero-order valence-corrected chi connectivity index (χ0v) is 6.61. The molecule has 1 atom stereocenters. The number of hydrogen-bond acceptors (Lipinski definition) is 4. The van der Waals surface area contributed by atoms with Crippen LogP contribution in [0.5, 0.6) is 0 Å². The molecule has 1 unspecified atom stereocenters. The number of carbonyl (C=O) groups excluding carboxylic acids is 1. The van der Waals surface area contributed by atoms with E-state index >= 15 is 0 Å². The number of rotatable bonds is 3. The van der Waals surface area contributed by atoms with E-state index in [-0.39, 0.29) is 6.61 Å². The van der Waals surface area contributed by atoms with Crippen molar-refractivity contribution in [2.75, 3.05) is 6.61 Å². The second-order valence-corrected chi connectivity index (χ2v) is 2.00. The fourth-order valence-corrected chi connectivity index (χ4v) is 0.346. The third-order valence-electron chi connectivity index (χ3n) is 0.743. The van der Waals surface area contributed by atoms with Gasteiger partial charge in [0.25, 0.3) is 0 Å². The first kappa shape index (κ1) is 9.97. The third kappa shape index (κ3) is 6.86. The number of aliphatic hydroxyl groups is 1. The average molecular weight is 160 g/mol. The highest BCUT2D eigenvalue weighted by molar-refractivity contribution is 5.60. The van der Waals surface area contributed by atoms with E-state index in [0.29, 0.717) is 0 Å². The van der Waals surface area contributed by atoms with Crippen LogP contribution in [0.3, 0.4) is 0 Å². The van der Waals surface area contributed by atoms with Gasteiger partial charge in [-0.25, -0.2) is 4.79 Å². The molecule has 0 fully saturated rings. The van der Waals surface area contributed by atoms with Crippen molar-refractivity contribution in [3.8, 4) is 0 Å². The summed E-state index contributed by atoms with van der Waals surface area (Å²) in [4.78, 5) is 10.5. The predicted molar refractivity (Wildman–Crippen MR) is 38.9 cm³/mol. The van der Waals surface area contributed by atoms with Crippen LogP contribution >= 0.6 is 0 Å². The normalized spacial score (nSPS) is 13.0. The van der Waals surface area contributed by atoms with Crippen LogP contribution in [0, 0.1) is 0 Å². The summed E-state index contributed by atoms with van der Waals surface area (Å²) in [6.45, 7) is 3.18. The molecule has 0 aliphatic rings. The molecular formula is C7H12O4. The number of carbonyl (C=O) groups is 1. The van der Waals surface area contributed by atoms with Crippen LogP contribution in [0.4, 0.5) is 4.79 Å². The van der Waals surface area contributed by atoms with E-state index in [0.717, 1.165) is 0 Å². The van der Waals surface area contributed by atoms with Gasteiger partial charge < -0.3 is 14.6 Å². The van der Waals surface area contributed by atoms with Gasteiger partial charge in [0.2, 0.25) is 0 Å². The van der Waals surface area contributed by atoms with E-state index in [4.69, 9.17) is 5.11 Å². The number of hydrogen-bond donors (Lipinski definition) is 1. The van der Waals surface area contributed by atoms with Crippen molar-refractivity contribution in [3.63, 3.8) is 0 Å². The molecule has 0 amide bonds. The molecule has 0 heterocycles. The first-order valence-corrected chi connectivity index (χ1v) is 3.29.